The summed E-state index contributed by atoms with van der Waals surface area (Å²) in [5.41, 5.74) is 0. The zero-order chi connectivity index (χ0) is 15.8. The van der Waals surface area contributed by atoms with E-state index >= 15 is 0 Å². The lowest BCUT2D eigenvalue weighted by Gasteiger charge is -1.93. The van der Waals surface area contributed by atoms with Crippen LogP contribution in [0.4, 0.5) is 0 Å². The first-order valence-corrected chi connectivity index (χ1v) is 7.89. The fraction of sp³-hybridized carbons (Fsp3) is 0.556. The molecule has 0 aliphatic heterocycles. The van der Waals surface area contributed by atoms with Crippen LogP contribution in [0.5, 0.6) is 0 Å². The highest BCUT2D eigenvalue weighted by Gasteiger charge is 1.94. The van der Waals surface area contributed by atoms with Gasteiger partial charge in [-0.25, -0.2) is 0 Å². The third kappa shape index (κ3) is 16.3. The van der Waals surface area contributed by atoms with Gasteiger partial charge in [0.1, 0.15) is 0 Å². The second-order valence-electron chi connectivity index (χ2n) is 5.05. The van der Waals surface area contributed by atoms with Crippen molar-refractivity contribution in [3.8, 4) is 0 Å². The smallest absolute Gasteiger partial charge is 0.303 e. The summed E-state index contributed by atoms with van der Waals surface area (Å²) in [7, 11) is 0. The predicted octanol–water partition coefficient (Wildman–Crippen LogP) is 4.84. The summed E-state index contributed by atoms with van der Waals surface area (Å²) in [5.74, 6) is -0.534. The minimum Gasteiger partial charge on any atom is -0.481 e. The SMILES string of the molecule is CCCCCC(=O)/C=C/C=C\CC/C=C\CCCC(=O)O. The number of ketones is 1. The Labute approximate surface area is 128 Å². The maximum absolute atomic E-state index is 11.4. The Morgan fingerprint density at radius 1 is 0.857 bits per heavy atom. The second-order valence-corrected chi connectivity index (χ2v) is 5.05. The molecular weight excluding hydrogens is 264 g/mol. The lowest BCUT2D eigenvalue weighted by molar-refractivity contribution is -0.137. The van der Waals surface area contributed by atoms with Crippen LogP contribution in [0.1, 0.15) is 64.7 Å². The van der Waals surface area contributed by atoms with Crippen molar-refractivity contribution in [2.75, 3.05) is 0 Å². The summed E-state index contributed by atoms with van der Waals surface area (Å²) in [4.78, 5) is 21.7. The van der Waals surface area contributed by atoms with Crippen LogP contribution in [0.3, 0.4) is 0 Å². The number of carbonyl (C=O) groups is 2. The van der Waals surface area contributed by atoms with Crippen molar-refractivity contribution in [3.63, 3.8) is 0 Å². The van der Waals surface area contributed by atoms with Crippen LogP contribution in [-0.4, -0.2) is 16.9 Å². The molecule has 0 saturated carbocycles. The Bertz CT molecular complexity index is 365. The van der Waals surface area contributed by atoms with Gasteiger partial charge in [-0.05, 0) is 38.2 Å². The van der Waals surface area contributed by atoms with Crippen LogP contribution in [0.2, 0.25) is 0 Å². The molecule has 0 unspecified atom stereocenters. The van der Waals surface area contributed by atoms with Crippen molar-refractivity contribution in [3.05, 3.63) is 36.5 Å². The van der Waals surface area contributed by atoms with Gasteiger partial charge in [-0.15, -0.1) is 0 Å². The van der Waals surface area contributed by atoms with Gasteiger partial charge in [0.25, 0.3) is 0 Å². The lowest BCUT2D eigenvalue weighted by Crippen LogP contribution is -1.92. The number of rotatable bonds is 13. The van der Waals surface area contributed by atoms with E-state index in [0.717, 1.165) is 38.5 Å². The number of allylic oxidation sites excluding steroid dienone is 6. The van der Waals surface area contributed by atoms with Gasteiger partial charge in [0.05, 0.1) is 0 Å². The summed E-state index contributed by atoms with van der Waals surface area (Å²) in [6.45, 7) is 2.13. The number of aliphatic carboxylic acids is 1. The molecule has 0 amide bonds. The molecule has 0 aliphatic carbocycles. The first-order valence-electron chi connectivity index (χ1n) is 7.89. The van der Waals surface area contributed by atoms with E-state index in [1.54, 1.807) is 6.08 Å². The van der Waals surface area contributed by atoms with Gasteiger partial charge in [0.15, 0.2) is 5.78 Å². The average Bonchev–Trinajstić information content (AvgIpc) is 2.44. The summed E-state index contributed by atoms with van der Waals surface area (Å²) in [6.07, 6.45) is 19.0. The van der Waals surface area contributed by atoms with E-state index in [1.807, 2.05) is 24.3 Å². The first kappa shape index (κ1) is 19.4. The van der Waals surface area contributed by atoms with Gasteiger partial charge in [-0.2, -0.15) is 0 Å². The fourth-order valence-corrected chi connectivity index (χ4v) is 1.77. The van der Waals surface area contributed by atoms with Crippen LogP contribution in [-0.2, 0) is 9.59 Å². The molecule has 0 aromatic heterocycles. The van der Waals surface area contributed by atoms with E-state index in [0.29, 0.717) is 12.8 Å². The third-order valence-electron chi connectivity index (χ3n) is 2.98. The van der Waals surface area contributed by atoms with Crippen LogP contribution in [0.15, 0.2) is 36.5 Å². The molecule has 3 heteroatoms. The van der Waals surface area contributed by atoms with E-state index in [9.17, 15) is 9.59 Å². The highest BCUT2D eigenvalue weighted by Crippen LogP contribution is 2.01. The molecule has 0 heterocycles. The van der Waals surface area contributed by atoms with E-state index in [1.165, 1.54) is 0 Å². The highest BCUT2D eigenvalue weighted by molar-refractivity contribution is 5.89. The molecule has 3 nitrogen and oxygen atoms in total. The highest BCUT2D eigenvalue weighted by atomic mass is 16.4. The van der Waals surface area contributed by atoms with Crippen molar-refractivity contribution in [2.24, 2.45) is 0 Å². The Kier molecular flexibility index (Phi) is 13.6. The molecular formula is C18H28O3. The molecule has 21 heavy (non-hydrogen) atoms. The quantitative estimate of drug-likeness (QED) is 0.229. The van der Waals surface area contributed by atoms with Crippen LogP contribution < -0.4 is 0 Å². The van der Waals surface area contributed by atoms with Crippen LogP contribution in [0, 0.1) is 0 Å². The molecule has 0 spiro atoms. The van der Waals surface area contributed by atoms with Crippen molar-refractivity contribution in [1.29, 1.82) is 0 Å². The van der Waals surface area contributed by atoms with E-state index in [4.69, 9.17) is 5.11 Å². The molecule has 0 rings (SSSR count). The summed E-state index contributed by atoms with van der Waals surface area (Å²) < 4.78 is 0. The number of carbonyl (C=O) groups excluding carboxylic acids is 1. The summed E-state index contributed by atoms with van der Waals surface area (Å²) in [5, 5.41) is 8.47. The molecule has 0 bridgehead atoms. The minimum absolute atomic E-state index is 0.200. The lowest BCUT2D eigenvalue weighted by atomic mass is 10.1. The van der Waals surface area contributed by atoms with Crippen molar-refractivity contribution in [1.82, 2.24) is 0 Å². The normalized spacial score (nSPS) is 11.9. The zero-order valence-electron chi connectivity index (χ0n) is 13.1. The summed E-state index contributed by atoms with van der Waals surface area (Å²) >= 11 is 0. The van der Waals surface area contributed by atoms with E-state index in [2.05, 4.69) is 13.0 Å². The Morgan fingerprint density at radius 2 is 1.57 bits per heavy atom. The van der Waals surface area contributed by atoms with Gasteiger partial charge >= 0.3 is 5.97 Å². The van der Waals surface area contributed by atoms with E-state index in [-0.39, 0.29) is 12.2 Å². The second kappa shape index (κ2) is 14.8. The maximum Gasteiger partial charge on any atom is 0.303 e. The Morgan fingerprint density at radius 3 is 2.29 bits per heavy atom. The molecule has 0 fully saturated rings. The zero-order valence-corrected chi connectivity index (χ0v) is 13.1. The molecule has 0 aromatic carbocycles. The minimum atomic E-state index is -0.734. The van der Waals surface area contributed by atoms with Crippen molar-refractivity contribution < 1.29 is 14.7 Å². The van der Waals surface area contributed by atoms with Crippen molar-refractivity contribution >= 4 is 11.8 Å². The number of hydrogen-bond donors (Lipinski definition) is 1. The monoisotopic (exact) mass is 292 g/mol. The molecule has 0 aliphatic rings. The first-order chi connectivity index (χ1) is 10.2. The molecule has 0 atom stereocenters. The number of carboxylic acid groups (broad SMARTS) is 1. The van der Waals surface area contributed by atoms with Gasteiger partial charge in [-0.1, -0.05) is 50.1 Å². The molecule has 0 radical (unpaired) electrons. The topological polar surface area (TPSA) is 54.4 Å². The fourth-order valence-electron chi connectivity index (χ4n) is 1.77. The summed E-state index contributed by atoms with van der Waals surface area (Å²) in [6, 6.07) is 0. The van der Waals surface area contributed by atoms with Crippen LogP contribution >= 0.6 is 0 Å². The van der Waals surface area contributed by atoms with Crippen molar-refractivity contribution in [2.45, 2.75) is 64.7 Å². The average molecular weight is 292 g/mol. The Hall–Kier alpha value is -1.64. The molecule has 0 aromatic rings. The third-order valence-corrected chi connectivity index (χ3v) is 2.98. The number of carboxylic acids is 1. The molecule has 1 N–H and O–H groups in total. The Balaban J connectivity index is 3.52. The van der Waals surface area contributed by atoms with Gasteiger partial charge in [0, 0.05) is 12.8 Å². The van der Waals surface area contributed by atoms with Gasteiger partial charge in [-0.3, -0.25) is 9.59 Å². The van der Waals surface area contributed by atoms with Gasteiger partial charge in [0.2, 0.25) is 0 Å². The van der Waals surface area contributed by atoms with Gasteiger partial charge < -0.3 is 5.11 Å². The largest absolute Gasteiger partial charge is 0.481 e. The molecule has 0 saturated heterocycles. The standard InChI is InChI=1S/C18H28O3/c1-2-3-11-14-17(19)15-12-9-7-5-4-6-8-10-13-16-18(20)21/h6-9,12,15H,2-5,10-11,13-14,16H2,1H3,(H,20,21)/b8-6-,9-7-,15-12+. The molecule has 118 valence electrons. The van der Waals surface area contributed by atoms with Crippen LogP contribution in [0.25, 0.3) is 0 Å². The predicted molar refractivity (Wildman–Crippen MR) is 87.3 cm³/mol. The number of unbranched alkanes of at least 4 members (excludes halogenated alkanes) is 4. The number of hydrogen-bond acceptors (Lipinski definition) is 2. The van der Waals surface area contributed by atoms with E-state index < -0.39 is 5.97 Å². The maximum atomic E-state index is 11.4.